The van der Waals surface area contributed by atoms with E-state index >= 15 is 0 Å². The van der Waals surface area contributed by atoms with Crippen LogP contribution < -0.4 is 11.3 Å². The van der Waals surface area contributed by atoms with E-state index in [2.05, 4.69) is 0 Å². The van der Waals surface area contributed by atoms with E-state index in [1.807, 2.05) is 32.9 Å². The zero-order valence-corrected chi connectivity index (χ0v) is 14.7. The summed E-state index contributed by atoms with van der Waals surface area (Å²) in [5.74, 6) is -1.50. The highest BCUT2D eigenvalue weighted by Crippen LogP contribution is 2.22. The summed E-state index contributed by atoms with van der Waals surface area (Å²) in [4.78, 5) is 46.2. The molecule has 136 valence electrons. The normalized spacial score (nSPS) is 11.2. The summed E-state index contributed by atoms with van der Waals surface area (Å²) in [7, 11) is 0. The van der Waals surface area contributed by atoms with Gasteiger partial charge in [0.05, 0.1) is 17.7 Å². The molecule has 0 unspecified atom stereocenters. The van der Waals surface area contributed by atoms with Gasteiger partial charge in [-0.3, -0.25) is 24.5 Å². The molecular weight excluding hydrogens is 338 g/mol. The molecule has 0 saturated heterocycles. The molecule has 0 aliphatic carbocycles. The molecule has 8 nitrogen and oxygen atoms in total. The van der Waals surface area contributed by atoms with Crippen LogP contribution in [0.1, 0.15) is 47.1 Å². The molecule has 2 N–H and O–H groups in total. The molecule has 1 aromatic carbocycles. The molecular formula is C18H19N3O5. The first-order valence-corrected chi connectivity index (χ1v) is 7.83. The Balaban J connectivity index is 2.38. The van der Waals surface area contributed by atoms with Gasteiger partial charge in [-0.25, -0.2) is 0 Å². The van der Waals surface area contributed by atoms with Crippen molar-refractivity contribution in [3.8, 4) is 0 Å². The zero-order valence-electron chi connectivity index (χ0n) is 14.7. The number of amides is 1. The summed E-state index contributed by atoms with van der Waals surface area (Å²) < 4.78 is 0.832. The molecule has 0 spiro atoms. The number of nitrogens with two attached hydrogens (primary N) is 1. The van der Waals surface area contributed by atoms with E-state index in [0.717, 1.165) is 22.4 Å². The minimum absolute atomic E-state index is 0.0745. The maximum atomic E-state index is 12.4. The van der Waals surface area contributed by atoms with Crippen molar-refractivity contribution in [1.29, 1.82) is 0 Å². The average Bonchev–Trinajstić information content (AvgIpc) is 2.55. The molecule has 0 radical (unpaired) electrons. The lowest BCUT2D eigenvalue weighted by Gasteiger charge is -2.19. The number of pyridine rings is 1. The fourth-order valence-corrected chi connectivity index (χ4v) is 2.42. The third kappa shape index (κ3) is 4.02. The van der Waals surface area contributed by atoms with E-state index in [-0.39, 0.29) is 5.41 Å². The van der Waals surface area contributed by atoms with Gasteiger partial charge >= 0.3 is 0 Å². The predicted molar refractivity (Wildman–Crippen MR) is 95.3 cm³/mol. The van der Waals surface area contributed by atoms with Crippen LogP contribution in [0.3, 0.4) is 0 Å². The van der Waals surface area contributed by atoms with E-state index in [9.17, 15) is 24.5 Å². The van der Waals surface area contributed by atoms with Crippen molar-refractivity contribution in [3.05, 3.63) is 73.7 Å². The molecule has 26 heavy (non-hydrogen) atoms. The lowest BCUT2D eigenvalue weighted by atomic mass is 9.86. The second kappa shape index (κ2) is 6.91. The Hall–Kier alpha value is -3.29. The van der Waals surface area contributed by atoms with Crippen LogP contribution in [-0.2, 0) is 12.0 Å². The number of aromatic nitrogens is 1. The monoisotopic (exact) mass is 357 g/mol. The van der Waals surface area contributed by atoms with Gasteiger partial charge in [-0.2, -0.15) is 0 Å². The highest BCUT2D eigenvalue weighted by Gasteiger charge is 2.19. The second-order valence-electron chi connectivity index (χ2n) is 6.92. The number of hydrogen-bond acceptors (Lipinski definition) is 5. The Morgan fingerprint density at radius 3 is 2.23 bits per heavy atom. The minimum atomic E-state index is -1.09. The number of ketones is 1. The summed E-state index contributed by atoms with van der Waals surface area (Å²) in [6.45, 7) is 5.68. The number of Topliss-reactive ketones (excluding diaryl/α,β-unsaturated/α-hetero) is 1. The molecule has 8 heteroatoms. The maximum absolute atomic E-state index is 12.4. The van der Waals surface area contributed by atoms with Gasteiger partial charge in [0.25, 0.3) is 17.2 Å². The fraction of sp³-hybridized carbons (Fsp3) is 0.278. The summed E-state index contributed by atoms with van der Waals surface area (Å²) in [5, 5.41) is 11.0. The van der Waals surface area contributed by atoms with Crippen molar-refractivity contribution >= 4 is 17.4 Å². The summed E-state index contributed by atoms with van der Waals surface area (Å²) in [6, 6.07) is 7.72. The van der Waals surface area contributed by atoms with Crippen LogP contribution in [0.4, 0.5) is 5.69 Å². The van der Waals surface area contributed by atoms with Gasteiger partial charge in [0, 0.05) is 11.6 Å². The van der Waals surface area contributed by atoms with Crippen LogP contribution >= 0.6 is 0 Å². The highest BCUT2D eigenvalue weighted by atomic mass is 16.6. The van der Waals surface area contributed by atoms with Gasteiger partial charge in [0.15, 0.2) is 5.78 Å². The summed E-state index contributed by atoms with van der Waals surface area (Å²) in [5.41, 5.74) is 4.55. The number of rotatable bonds is 5. The van der Waals surface area contributed by atoms with Gasteiger partial charge in [-0.1, -0.05) is 45.0 Å². The van der Waals surface area contributed by atoms with Crippen molar-refractivity contribution in [2.45, 2.75) is 32.7 Å². The molecule has 0 saturated carbocycles. The molecule has 1 heterocycles. The Kier molecular flexibility index (Phi) is 5.06. The van der Waals surface area contributed by atoms with E-state index in [4.69, 9.17) is 5.73 Å². The SMILES string of the molecule is CC(C)(C)c1ccc(C(=O)Cn2cc([N+](=O)[O-])cc(C(N)=O)c2=O)cc1. The van der Waals surface area contributed by atoms with Gasteiger partial charge in [-0.05, 0) is 11.0 Å². The van der Waals surface area contributed by atoms with Crippen molar-refractivity contribution in [3.63, 3.8) is 0 Å². The first-order valence-electron chi connectivity index (χ1n) is 7.83. The molecule has 1 amide bonds. The van der Waals surface area contributed by atoms with Crippen molar-refractivity contribution in [2.24, 2.45) is 5.73 Å². The maximum Gasteiger partial charge on any atom is 0.286 e. The van der Waals surface area contributed by atoms with Crippen molar-refractivity contribution < 1.29 is 14.5 Å². The first-order chi connectivity index (χ1) is 12.0. The second-order valence-corrected chi connectivity index (χ2v) is 6.92. The lowest BCUT2D eigenvalue weighted by Crippen LogP contribution is -2.31. The fourth-order valence-electron chi connectivity index (χ4n) is 2.42. The number of hydrogen-bond donors (Lipinski definition) is 1. The van der Waals surface area contributed by atoms with E-state index < -0.39 is 40.0 Å². The number of benzene rings is 1. The average molecular weight is 357 g/mol. The number of primary amides is 1. The zero-order chi connectivity index (χ0) is 19.6. The van der Waals surface area contributed by atoms with Crippen LogP contribution in [0.5, 0.6) is 0 Å². The Morgan fingerprint density at radius 2 is 1.77 bits per heavy atom. The Bertz CT molecular complexity index is 937. The van der Waals surface area contributed by atoms with Crippen molar-refractivity contribution in [2.75, 3.05) is 0 Å². The lowest BCUT2D eigenvalue weighted by molar-refractivity contribution is -0.385. The third-order valence-corrected chi connectivity index (χ3v) is 3.93. The molecule has 0 aliphatic heterocycles. The minimum Gasteiger partial charge on any atom is -0.365 e. The van der Waals surface area contributed by atoms with Gasteiger partial charge < -0.3 is 10.3 Å². The van der Waals surface area contributed by atoms with Crippen LogP contribution in [0, 0.1) is 10.1 Å². The Morgan fingerprint density at radius 1 is 1.19 bits per heavy atom. The van der Waals surface area contributed by atoms with Crippen LogP contribution in [-0.4, -0.2) is 21.2 Å². The first kappa shape index (κ1) is 19.0. The number of nitrogens with zero attached hydrogens (tertiary/aromatic N) is 2. The number of nitro groups is 1. The summed E-state index contributed by atoms with van der Waals surface area (Å²) >= 11 is 0. The van der Waals surface area contributed by atoms with Crippen LogP contribution in [0.25, 0.3) is 0 Å². The molecule has 2 rings (SSSR count). The predicted octanol–water partition coefficient (Wildman–Crippen LogP) is 2.04. The van der Waals surface area contributed by atoms with Gasteiger partial charge in [0.2, 0.25) is 0 Å². The topological polar surface area (TPSA) is 125 Å². The van der Waals surface area contributed by atoms with E-state index in [0.29, 0.717) is 5.56 Å². The molecule has 0 atom stereocenters. The van der Waals surface area contributed by atoms with E-state index in [1.54, 1.807) is 12.1 Å². The van der Waals surface area contributed by atoms with Gasteiger partial charge in [-0.15, -0.1) is 0 Å². The van der Waals surface area contributed by atoms with Crippen LogP contribution in [0.2, 0.25) is 0 Å². The summed E-state index contributed by atoms with van der Waals surface area (Å²) in [6.07, 6.45) is 0.927. The molecule has 2 aromatic rings. The molecule has 0 aliphatic rings. The quantitative estimate of drug-likeness (QED) is 0.498. The smallest absolute Gasteiger partial charge is 0.286 e. The standard InChI is InChI=1S/C18H19N3O5/c1-18(2,3)12-6-4-11(5-7-12)15(22)10-20-9-13(21(25)26)8-14(16(19)23)17(20)24/h4-9H,10H2,1-3H3,(H2,19,23). The van der Waals surface area contributed by atoms with Gasteiger partial charge in [0.1, 0.15) is 5.56 Å². The van der Waals surface area contributed by atoms with Crippen molar-refractivity contribution in [1.82, 2.24) is 4.57 Å². The molecule has 1 aromatic heterocycles. The Labute approximate surface area is 149 Å². The molecule has 0 fully saturated rings. The van der Waals surface area contributed by atoms with Crippen LogP contribution in [0.15, 0.2) is 41.3 Å². The highest BCUT2D eigenvalue weighted by molar-refractivity contribution is 5.96. The number of carbonyl (C=O) groups is 2. The third-order valence-electron chi connectivity index (χ3n) is 3.93. The number of carbonyl (C=O) groups excluding carboxylic acids is 2. The molecule has 0 bridgehead atoms. The van der Waals surface area contributed by atoms with E-state index in [1.165, 1.54) is 0 Å². The largest absolute Gasteiger partial charge is 0.365 e.